The molecule has 21 heavy (non-hydrogen) atoms. The summed E-state index contributed by atoms with van der Waals surface area (Å²) in [5, 5.41) is 29.7. The summed E-state index contributed by atoms with van der Waals surface area (Å²) in [6.07, 6.45) is -1.75. The molecule has 0 aromatic carbocycles. The van der Waals surface area contributed by atoms with Crippen LogP contribution in [0.3, 0.4) is 0 Å². The molecule has 0 spiro atoms. The van der Waals surface area contributed by atoms with Crippen LogP contribution in [0, 0.1) is 0 Å². The van der Waals surface area contributed by atoms with E-state index < -0.39 is 45.7 Å². The zero-order valence-corrected chi connectivity index (χ0v) is 13.6. The van der Waals surface area contributed by atoms with Crippen LogP contribution in [-0.2, 0) is 29.3 Å². The van der Waals surface area contributed by atoms with Gasteiger partial charge in [-0.1, -0.05) is 0 Å². The van der Waals surface area contributed by atoms with Crippen LogP contribution < -0.4 is 29.6 Å². The van der Waals surface area contributed by atoms with Crippen LogP contribution in [0.4, 0.5) is 0 Å². The summed E-state index contributed by atoms with van der Waals surface area (Å²) in [7, 11) is -4.84. The van der Waals surface area contributed by atoms with Gasteiger partial charge in [-0.15, -0.1) is 0 Å². The molecule has 0 amide bonds. The summed E-state index contributed by atoms with van der Waals surface area (Å²) < 4.78 is 28.7. The van der Waals surface area contributed by atoms with Crippen molar-refractivity contribution in [3.05, 3.63) is 0 Å². The van der Waals surface area contributed by atoms with Crippen molar-refractivity contribution >= 4 is 34.0 Å². The van der Waals surface area contributed by atoms with Gasteiger partial charge >= 0.3 is 53.4 Å². The van der Waals surface area contributed by atoms with Gasteiger partial charge in [-0.05, 0) is 0 Å². The number of hydrogen-bond acceptors (Lipinski definition) is 6. The van der Waals surface area contributed by atoms with Crippen LogP contribution in [0.25, 0.3) is 0 Å². The van der Waals surface area contributed by atoms with Crippen molar-refractivity contribution < 1.29 is 83.6 Å². The molecule has 0 saturated heterocycles. The largest absolute Gasteiger partial charge is 1.00 e. The van der Waals surface area contributed by atoms with E-state index in [-0.39, 0.29) is 43.8 Å². The summed E-state index contributed by atoms with van der Waals surface area (Å²) in [6, 6.07) is 0. The average Bonchev–Trinajstić information content (AvgIpc) is 2.22. The quantitative estimate of drug-likeness (QED) is 0.222. The van der Waals surface area contributed by atoms with Crippen LogP contribution in [0.15, 0.2) is 0 Å². The maximum absolute atomic E-state index is 10.2. The average molecular weight is 340 g/mol. The maximum atomic E-state index is 10.2. The molecule has 0 saturated carbocycles. The molecule has 0 bridgehead atoms. The molecule has 11 nitrogen and oxygen atoms in total. The van der Waals surface area contributed by atoms with E-state index in [0.717, 1.165) is 0 Å². The van der Waals surface area contributed by atoms with E-state index in [1.165, 1.54) is 0 Å². The summed E-state index contributed by atoms with van der Waals surface area (Å²) in [5.74, 6) is -5.65. The molecule has 0 aliphatic heterocycles. The smallest absolute Gasteiger partial charge is 1.00 e. The van der Waals surface area contributed by atoms with Crippen LogP contribution >= 0.6 is 0 Å². The second kappa shape index (κ2) is 11.4. The van der Waals surface area contributed by atoms with Gasteiger partial charge in [0.15, 0.2) is 5.25 Å². The van der Waals surface area contributed by atoms with Crippen molar-refractivity contribution in [2.24, 2.45) is 0 Å². The first-order valence-electron chi connectivity index (χ1n) is 4.72. The Hall–Kier alpha value is -1.21. The summed E-state index contributed by atoms with van der Waals surface area (Å²) in [4.78, 5) is 39.3. The van der Waals surface area contributed by atoms with E-state index >= 15 is 0 Å². The van der Waals surface area contributed by atoms with Crippen molar-refractivity contribution in [1.82, 2.24) is 0 Å². The second-order valence-corrected chi connectivity index (χ2v) is 4.83. The van der Waals surface area contributed by atoms with Gasteiger partial charge in [0, 0.05) is 0 Å². The van der Waals surface area contributed by atoms with Gasteiger partial charge < -0.3 is 21.9 Å². The molecular weight excluding hydrogens is 327 g/mol. The minimum absolute atomic E-state index is 0. The first kappa shape index (κ1) is 24.8. The first-order valence-corrected chi connectivity index (χ1v) is 6.22. The standard InChI is InChI=1S/C4H6O7S.C4H6O4.Na.H/c5-3(6)1-2(4(7)8)12(9,10)11;5-3(6)1-2-4(7)8;;/h2H,1H2,(H,5,6)(H,7,8)(H,9,10,11);1-2H2,(H,5,6)(H,7,8);;/q;;+1;-1. The van der Waals surface area contributed by atoms with Crippen molar-refractivity contribution in [2.45, 2.75) is 24.5 Å². The molecule has 0 heterocycles. The van der Waals surface area contributed by atoms with Gasteiger partial charge in [0.05, 0.1) is 19.3 Å². The summed E-state index contributed by atoms with van der Waals surface area (Å²) >= 11 is 0. The van der Waals surface area contributed by atoms with E-state index in [1.54, 1.807) is 0 Å². The maximum Gasteiger partial charge on any atom is 1.00 e. The molecule has 1 atom stereocenters. The first-order chi connectivity index (χ1) is 8.87. The number of carboxylic acid groups (broad SMARTS) is 4. The van der Waals surface area contributed by atoms with Gasteiger partial charge in [-0.3, -0.25) is 23.7 Å². The summed E-state index contributed by atoms with van der Waals surface area (Å²) in [5.41, 5.74) is 0. The molecule has 0 aliphatic carbocycles. The van der Waals surface area contributed by atoms with Gasteiger partial charge in [-0.2, -0.15) is 8.42 Å². The molecule has 118 valence electrons. The molecule has 5 N–H and O–H groups in total. The fourth-order valence-electron chi connectivity index (χ4n) is 0.692. The number of hydrogen-bond donors (Lipinski definition) is 5. The van der Waals surface area contributed by atoms with Gasteiger partial charge in [0.25, 0.3) is 10.1 Å². The number of rotatable bonds is 7. The normalized spacial score (nSPS) is 11.1. The SMILES string of the molecule is O=C(O)CC(C(=O)O)S(=O)(=O)O.O=C(O)CCC(=O)O.[H-].[Na+]. The Balaban J connectivity index is -0.000000144. The molecule has 0 aliphatic rings. The van der Waals surface area contributed by atoms with Crippen molar-refractivity contribution in [1.29, 1.82) is 0 Å². The Labute approximate surface area is 142 Å². The fraction of sp³-hybridized carbons (Fsp3) is 0.500. The van der Waals surface area contributed by atoms with Crippen LogP contribution in [-0.4, -0.2) is 62.5 Å². The van der Waals surface area contributed by atoms with E-state index in [9.17, 15) is 27.6 Å². The molecule has 1 unspecified atom stereocenters. The third-order valence-corrected chi connectivity index (χ3v) is 2.64. The molecule has 0 fully saturated rings. The third-order valence-electron chi connectivity index (χ3n) is 1.55. The Kier molecular flexibility index (Phi) is 13.5. The zero-order valence-electron chi connectivity index (χ0n) is 11.8. The van der Waals surface area contributed by atoms with Crippen LogP contribution in [0.1, 0.15) is 20.7 Å². The number of aliphatic carboxylic acids is 4. The van der Waals surface area contributed by atoms with E-state index in [2.05, 4.69) is 0 Å². The van der Waals surface area contributed by atoms with E-state index in [0.29, 0.717) is 0 Å². The molecule has 0 rings (SSSR count). The Bertz CT molecular complexity index is 474. The third kappa shape index (κ3) is 16.7. The molecular formula is C8H13NaO11S. The monoisotopic (exact) mass is 340 g/mol. The second-order valence-electron chi connectivity index (χ2n) is 3.23. The number of carboxylic acids is 4. The Morgan fingerprint density at radius 2 is 1.19 bits per heavy atom. The van der Waals surface area contributed by atoms with E-state index in [4.69, 9.17) is 25.0 Å². The number of carbonyl (C=O) groups is 4. The predicted octanol–water partition coefficient (Wildman–Crippen LogP) is -4.15. The Morgan fingerprint density at radius 3 is 1.29 bits per heavy atom. The van der Waals surface area contributed by atoms with Gasteiger partial charge in [0.1, 0.15) is 0 Å². The van der Waals surface area contributed by atoms with Crippen LogP contribution in [0.2, 0.25) is 0 Å². The zero-order chi connectivity index (χ0) is 16.5. The van der Waals surface area contributed by atoms with Crippen molar-refractivity contribution in [3.63, 3.8) is 0 Å². The van der Waals surface area contributed by atoms with Gasteiger partial charge in [0.2, 0.25) is 0 Å². The molecule has 0 radical (unpaired) electrons. The van der Waals surface area contributed by atoms with Crippen molar-refractivity contribution in [2.75, 3.05) is 0 Å². The summed E-state index contributed by atoms with van der Waals surface area (Å²) in [6.45, 7) is 0. The van der Waals surface area contributed by atoms with Crippen LogP contribution in [0.5, 0.6) is 0 Å². The predicted molar refractivity (Wildman–Crippen MR) is 60.8 cm³/mol. The minimum atomic E-state index is -4.84. The molecule has 13 heteroatoms. The molecule has 0 aromatic heterocycles. The topological polar surface area (TPSA) is 204 Å². The van der Waals surface area contributed by atoms with Crippen molar-refractivity contribution in [3.8, 4) is 0 Å². The Morgan fingerprint density at radius 1 is 0.857 bits per heavy atom. The molecule has 0 aromatic rings. The fourth-order valence-corrected chi connectivity index (χ4v) is 1.30. The van der Waals surface area contributed by atoms with Gasteiger partial charge in [-0.25, -0.2) is 0 Å². The van der Waals surface area contributed by atoms with E-state index in [1.807, 2.05) is 0 Å². The minimum Gasteiger partial charge on any atom is -1.00 e.